The number of carboxylic acids is 1. The third-order valence-corrected chi connectivity index (χ3v) is 4.10. The minimum atomic E-state index is -1.16. The summed E-state index contributed by atoms with van der Waals surface area (Å²) in [7, 11) is 0. The van der Waals surface area contributed by atoms with Crippen LogP contribution in [0.5, 0.6) is 0 Å². The van der Waals surface area contributed by atoms with Crippen molar-refractivity contribution in [1.82, 2.24) is 10.2 Å². The van der Waals surface area contributed by atoms with Crippen LogP contribution in [0.25, 0.3) is 0 Å². The first-order valence-electron chi connectivity index (χ1n) is 8.83. The van der Waals surface area contributed by atoms with E-state index < -0.39 is 35.7 Å². The van der Waals surface area contributed by atoms with Crippen molar-refractivity contribution in [2.45, 2.75) is 45.4 Å². The zero-order chi connectivity index (χ0) is 20.0. The first-order chi connectivity index (χ1) is 12.7. The Balaban J connectivity index is 1.88. The zero-order valence-electron chi connectivity index (χ0n) is 15.8. The van der Waals surface area contributed by atoms with Crippen LogP contribution in [-0.4, -0.2) is 52.9 Å². The minimum Gasteiger partial charge on any atom is -0.480 e. The van der Waals surface area contributed by atoms with Gasteiger partial charge in [0.15, 0.2) is 0 Å². The highest BCUT2D eigenvalue weighted by Crippen LogP contribution is 2.22. The maximum absolute atomic E-state index is 12.1. The number of rotatable bonds is 5. The Bertz CT molecular complexity index is 671. The standard InChI is InChI=1S/C19H26N2O6/c1-19(2,3)27-18(25)21-10-9-14(11-21)15(16(22)23)20-17(24)26-12-13-7-5-4-6-8-13/h4-8,14-15H,9-12H2,1-3H3,(H,20,24)(H,22,23)/t14-,15-/m1/s1. The molecule has 0 bridgehead atoms. The van der Waals surface area contributed by atoms with Gasteiger partial charge >= 0.3 is 18.2 Å². The molecule has 1 saturated heterocycles. The van der Waals surface area contributed by atoms with Crippen LogP contribution < -0.4 is 5.32 Å². The number of aliphatic carboxylic acids is 1. The lowest BCUT2D eigenvalue weighted by atomic mass is 9.99. The molecule has 0 spiro atoms. The summed E-state index contributed by atoms with van der Waals surface area (Å²) in [6.45, 7) is 5.93. The predicted octanol–water partition coefficient (Wildman–Crippen LogP) is 2.62. The number of alkyl carbamates (subject to hydrolysis) is 1. The molecule has 148 valence electrons. The summed E-state index contributed by atoms with van der Waals surface area (Å²) in [6, 6.07) is 7.96. The summed E-state index contributed by atoms with van der Waals surface area (Å²) in [6.07, 6.45) is -0.836. The third kappa shape index (κ3) is 6.47. The van der Waals surface area contributed by atoms with Gasteiger partial charge in [0.25, 0.3) is 0 Å². The number of carbonyl (C=O) groups is 3. The number of carboxylic acid groups (broad SMARTS) is 1. The van der Waals surface area contributed by atoms with Crippen LogP contribution in [0.2, 0.25) is 0 Å². The van der Waals surface area contributed by atoms with Crippen LogP contribution in [0.4, 0.5) is 9.59 Å². The van der Waals surface area contributed by atoms with Crippen LogP contribution >= 0.6 is 0 Å². The van der Waals surface area contributed by atoms with Crippen molar-refractivity contribution in [3.05, 3.63) is 35.9 Å². The van der Waals surface area contributed by atoms with Crippen molar-refractivity contribution < 1.29 is 29.0 Å². The first kappa shape index (κ1) is 20.5. The molecule has 1 aromatic rings. The van der Waals surface area contributed by atoms with Gasteiger partial charge in [0, 0.05) is 19.0 Å². The third-order valence-electron chi connectivity index (χ3n) is 4.10. The van der Waals surface area contributed by atoms with Crippen LogP contribution in [0.15, 0.2) is 30.3 Å². The highest BCUT2D eigenvalue weighted by molar-refractivity contribution is 5.80. The van der Waals surface area contributed by atoms with Gasteiger partial charge < -0.3 is 24.8 Å². The highest BCUT2D eigenvalue weighted by Gasteiger charge is 2.38. The second-order valence-electron chi connectivity index (χ2n) is 7.50. The first-order valence-corrected chi connectivity index (χ1v) is 8.83. The lowest BCUT2D eigenvalue weighted by Gasteiger charge is -2.25. The Labute approximate surface area is 158 Å². The van der Waals surface area contributed by atoms with E-state index in [1.54, 1.807) is 32.9 Å². The highest BCUT2D eigenvalue weighted by atomic mass is 16.6. The van der Waals surface area contributed by atoms with Crippen molar-refractivity contribution in [3.63, 3.8) is 0 Å². The van der Waals surface area contributed by atoms with Crippen molar-refractivity contribution in [2.75, 3.05) is 13.1 Å². The SMILES string of the molecule is CC(C)(C)OC(=O)N1CC[C@@H]([C@@H](NC(=O)OCc2ccccc2)C(=O)O)C1. The van der Waals surface area contributed by atoms with E-state index in [0.717, 1.165) is 5.56 Å². The van der Waals surface area contributed by atoms with Crippen molar-refractivity contribution in [3.8, 4) is 0 Å². The average Bonchev–Trinajstić information content (AvgIpc) is 3.07. The Morgan fingerprint density at radius 2 is 1.93 bits per heavy atom. The summed E-state index contributed by atoms with van der Waals surface area (Å²) in [5.74, 6) is -1.58. The Hall–Kier alpha value is -2.77. The quantitative estimate of drug-likeness (QED) is 0.816. The molecule has 8 heteroatoms. The monoisotopic (exact) mass is 378 g/mol. The van der Waals surface area contributed by atoms with Gasteiger partial charge in [-0.1, -0.05) is 30.3 Å². The van der Waals surface area contributed by atoms with Crippen LogP contribution in [-0.2, 0) is 20.9 Å². The number of carbonyl (C=O) groups excluding carboxylic acids is 2. The molecule has 0 radical (unpaired) electrons. The van der Waals surface area contributed by atoms with E-state index in [9.17, 15) is 19.5 Å². The van der Waals surface area contributed by atoms with E-state index in [0.29, 0.717) is 13.0 Å². The largest absolute Gasteiger partial charge is 0.480 e. The molecular formula is C19H26N2O6. The molecule has 2 N–H and O–H groups in total. The van der Waals surface area contributed by atoms with Gasteiger partial charge in [-0.05, 0) is 32.8 Å². The average molecular weight is 378 g/mol. The molecule has 2 atom stereocenters. The second kappa shape index (κ2) is 8.75. The number of amides is 2. The van der Waals surface area contributed by atoms with Crippen LogP contribution in [0.3, 0.4) is 0 Å². The fraction of sp³-hybridized carbons (Fsp3) is 0.526. The number of hydrogen-bond donors (Lipinski definition) is 2. The van der Waals surface area contributed by atoms with Crippen LogP contribution in [0, 0.1) is 5.92 Å². The van der Waals surface area contributed by atoms with Gasteiger partial charge in [-0.2, -0.15) is 0 Å². The number of likely N-dealkylation sites (tertiary alicyclic amines) is 1. The van der Waals surface area contributed by atoms with E-state index >= 15 is 0 Å². The molecule has 0 saturated carbocycles. The van der Waals surface area contributed by atoms with Crippen molar-refractivity contribution in [2.24, 2.45) is 5.92 Å². The van der Waals surface area contributed by atoms with E-state index in [1.807, 2.05) is 18.2 Å². The van der Waals surface area contributed by atoms with E-state index in [2.05, 4.69) is 5.32 Å². The fourth-order valence-corrected chi connectivity index (χ4v) is 2.82. The molecule has 2 rings (SSSR count). The fourth-order valence-electron chi connectivity index (χ4n) is 2.82. The number of benzene rings is 1. The van der Waals surface area contributed by atoms with Gasteiger partial charge in [-0.3, -0.25) is 0 Å². The van der Waals surface area contributed by atoms with Gasteiger partial charge in [-0.25, -0.2) is 14.4 Å². The number of hydrogen-bond acceptors (Lipinski definition) is 5. The smallest absolute Gasteiger partial charge is 0.410 e. The molecular weight excluding hydrogens is 352 g/mol. The van der Waals surface area contributed by atoms with E-state index in [4.69, 9.17) is 9.47 Å². The molecule has 0 aliphatic carbocycles. The predicted molar refractivity (Wildman–Crippen MR) is 97.1 cm³/mol. The number of nitrogens with one attached hydrogen (secondary N) is 1. The maximum atomic E-state index is 12.1. The Kier molecular flexibility index (Phi) is 6.65. The lowest BCUT2D eigenvalue weighted by molar-refractivity contribution is -0.140. The molecule has 1 aromatic carbocycles. The summed E-state index contributed by atoms with van der Waals surface area (Å²) in [4.78, 5) is 37.2. The molecule has 8 nitrogen and oxygen atoms in total. The van der Waals surface area contributed by atoms with Gasteiger partial charge in [0.05, 0.1) is 0 Å². The summed E-state index contributed by atoms with van der Waals surface area (Å²) < 4.78 is 10.4. The lowest BCUT2D eigenvalue weighted by Crippen LogP contribution is -2.47. The normalized spacial score (nSPS) is 17.9. The van der Waals surface area contributed by atoms with Gasteiger partial charge in [0.2, 0.25) is 0 Å². The van der Waals surface area contributed by atoms with Gasteiger partial charge in [-0.15, -0.1) is 0 Å². The molecule has 1 aliphatic heterocycles. The summed E-state index contributed by atoms with van der Waals surface area (Å²) in [5, 5.41) is 11.9. The molecule has 2 amide bonds. The second-order valence-corrected chi connectivity index (χ2v) is 7.50. The summed E-state index contributed by atoms with van der Waals surface area (Å²) >= 11 is 0. The topological polar surface area (TPSA) is 105 Å². The molecule has 0 unspecified atom stereocenters. The molecule has 27 heavy (non-hydrogen) atoms. The number of nitrogens with zero attached hydrogens (tertiary/aromatic N) is 1. The Morgan fingerprint density at radius 3 is 2.52 bits per heavy atom. The molecule has 0 aromatic heterocycles. The zero-order valence-corrected chi connectivity index (χ0v) is 15.8. The molecule has 1 aliphatic rings. The number of ether oxygens (including phenoxy) is 2. The van der Waals surface area contributed by atoms with Crippen molar-refractivity contribution in [1.29, 1.82) is 0 Å². The minimum absolute atomic E-state index is 0.0493. The Morgan fingerprint density at radius 1 is 1.26 bits per heavy atom. The van der Waals surface area contributed by atoms with Gasteiger partial charge in [0.1, 0.15) is 18.2 Å². The molecule has 1 heterocycles. The summed E-state index contributed by atoms with van der Waals surface area (Å²) in [5.41, 5.74) is 0.178. The van der Waals surface area contributed by atoms with Crippen LogP contribution in [0.1, 0.15) is 32.8 Å². The molecule has 1 fully saturated rings. The van der Waals surface area contributed by atoms with Crippen molar-refractivity contribution >= 4 is 18.2 Å². The van der Waals surface area contributed by atoms with E-state index in [-0.39, 0.29) is 13.2 Å². The maximum Gasteiger partial charge on any atom is 0.410 e. The van der Waals surface area contributed by atoms with E-state index in [1.165, 1.54) is 4.90 Å².